The number of aryl methyl sites for hydroxylation is 1. The molecule has 0 spiro atoms. The standard InChI is InChI=1S/C22H21N3O2/c1-12-4-2-5-14-10-17(23-19(12)14)22(27)25-20(13-8-9-13)16-7-3-6-15-11-18(26)24-21(15)16/h2-7,10,13,20,23H,8-9,11H2,1H3,(H,24,26)(H,25,27). The van der Waals surface area contributed by atoms with E-state index in [1.165, 1.54) is 0 Å². The fourth-order valence-corrected chi connectivity index (χ4v) is 4.06. The van der Waals surface area contributed by atoms with Gasteiger partial charge >= 0.3 is 0 Å². The molecule has 1 saturated carbocycles. The molecule has 3 N–H and O–H groups in total. The summed E-state index contributed by atoms with van der Waals surface area (Å²) in [6.45, 7) is 2.03. The summed E-state index contributed by atoms with van der Waals surface area (Å²) in [5, 5.41) is 7.23. The quantitative estimate of drug-likeness (QED) is 0.662. The molecule has 2 amide bonds. The Labute approximate surface area is 157 Å². The van der Waals surface area contributed by atoms with Crippen LogP contribution in [-0.2, 0) is 11.2 Å². The van der Waals surface area contributed by atoms with Gasteiger partial charge in [0.1, 0.15) is 5.69 Å². The molecule has 1 aliphatic carbocycles. The van der Waals surface area contributed by atoms with Gasteiger partial charge in [-0.25, -0.2) is 0 Å². The number of hydrogen-bond acceptors (Lipinski definition) is 2. The van der Waals surface area contributed by atoms with Crippen LogP contribution in [0.15, 0.2) is 42.5 Å². The van der Waals surface area contributed by atoms with Gasteiger partial charge < -0.3 is 15.6 Å². The topological polar surface area (TPSA) is 74.0 Å². The van der Waals surface area contributed by atoms with Crippen LogP contribution < -0.4 is 10.6 Å². The molecule has 136 valence electrons. The summed E-state index contributed by atoms with van der Waals surface area (Å²) in [6, 6.07) is 13.8. The summed E-state index contributed by atoms with van der Waals surface area (Å²) >= 11 is 0. The maximum atomic E-state index is 13.0. The Bertz CT molecular complexity index is 1080. The van der Waals surface area contributed by atoms with Crippen LogP contribution in [0.4, 0.5) is 5.69 Å². The lowest BCUT2D eigenvalue weighted by molar-refractivity contribution is -0.115. The minimum absolute atomic E-state index is 0.0180. The number of para-hydroxylation sites is 2. The first-order chi connectivity index (χ1) is 13.1. The lowest BCUT2D eigenvalue weighted by Gasteiger charge is -2.21. The van der Waals surface area contributed by atoms with Gasteiger partial charge in [-0.2, -0.15) is 0 Å². The molecule has 2 aromatic carbocycles. The number of hydrogen-bond donors (Lipinski definition) is 3. The summed E-state index contributed by atoms with van der Waals surface area (Å²) in [7, 11) is 0. The molecule has 2 heterocycles. The van der Waals surface area contributed by atoms with E-state index in [1.807, 2.05) is 49.4 Å². The van der Waals surface area contributed by atoms with E-state index in [4.69, 9.17) is 0 Å². The van der Waals surface area contributed by atoms with Gasteiger partial charge in [0, 0.05) is 16.6 Å². The highest BCUT2D eigenvalue weighted by Crippen LogP contribution is 2.44. The summed E-state index contributed by atoms with van der Waals surface area (Å²) in [4.78, 5) is 28.1. The molecular formula is C22H21N3O2. The number of aromatic amines is 1. The van der Waals surface area contributed by atoms with Crippen LogP contribution in [0.1, 0.15) is 46.1 Å². The maximum absolute atomic E-state index is 13.0. The van der Waals surface area contributed by atoms with Gasteiger partial charge in [-0.1, -0.05) is 36.4 Å². The predicted octanol–water partition coefficient (Wildman–Crippen LogP) is 3.85. The number of rotatable bonds is 4. The first-order valence-electron chi connectivity index (χ1n) is 9.41. The van der Waals surface area contributed by atoms with Crippen LogP contribution in [-0.4, -0.2) is 16.8 Å². The van der Waals surface area contributed by atoms with Crippen LogP contribution >= 0.6 is 0 Å². The molecule has 5 nitrogen and oxygen atoms in total. The van der Waals surface area contributed by atoms with Crippen LogP contribution in [0.2, 0.25) is 0 Å². The number of H-pyrrole nitrogens is 1. The Morgan fingerprint density at radius 2 is 2.00 bits per heavy atom. The van der Waals surface area contributed by atoms with Gasteiger partial charge in [-0.15, -0.1) is 0 Å². The number of benzene rings is 2. The van der Waals surface area contributed by atoms with E-state index in [0.717, 1.165) is 46.1 Å². The second-order valence-corrected chi connectivity index (χ2v) is 7.62. The minimum atomic E-state index is -0.107. The van der Waals surface area contributed by atoms with E-state index in [1.54, 1.807) is 0 Å². The fraction of sp³-hybridized carbons (Fsp3) is 0.273. The lowest BCUT2D eigenvalue weighted by atomic mass is 9.97. The van der Waals surface area contributed by atoms with Crippen molar-refractivity contribution in [2.45, 2.75) is 32.2 Å². The van der Waals surface area contributed by atoms with E-state index in [0.29, 0.717) is 18.0 Å². The molecule has 27 heavy (non-hydrogen) atoms. The van der Waals surface area contributed by atoms with Crippen LogP contribution in [0.3, 0.4) is 0 Å². The second kappa shape index (κ2) is 5.98. The predicted molar refractivity (Wildman–Crippen MR) is 105 cm³/mol. The number of anilines is 1. The minimum Gasteiger partial charge on any atom is -0.350 e. The molecule has 1 unspecified atom stereocenters. The molecule has 1 fully saturated rings. The zero-order valence-electron chi connectivity index (χ0n) is 15.1. The molecule has 1 aliphatic heterocycles. The van der Waals surface area contributed by atoms with E-state index in [2.05, 4.69) is 15.6 Å². The van der Waals surface area contributed by atoms with Crippen molar-refractivity contribution in [3.63, 3.8) is 0 Å². The molecule has 0 radical (unpaired) electrons. The Kier molecular flexibility index (Phi) is 3.57. The van der Waals surface area contributed by atoms with Crippen LogP contribution in [0.5, 0.6) is 0 Å². The number of carbonyl (C=O) groups is 2. The fourth-order valence-electron chi connectivity index (χ4n) is 4.06. The van der Waals surface area contributed by atoms with Crippen molar-refractivity contribution in [3.05, 3.63) is 64.8 Å². The van der Waals surface area contributed by atoms with Crippen LogP contribution in [0, 0.1) is 12.8 Å². The maximum Gasteiger partial charge on any atom is 0.268 e. The van der Waals surface area contributed by atoms with Crippen molar-refractivity contribution in [2.75, 3.05) is 5.32 Å². The van der Waals surface area contributed by atoms with Crippen molar-refractivity contribution in [1.82, 2.24) is 10.3 Å². The van der Waals surface area contributed by atoms with Crippen LogP contribution in [0.25, 0.3) is 10.9 Å². The number of nitrogens with one attached hydrogen (secondary N) is 3. The molecule has 0 bridgehead atoms. The summed E-state index contributed by atoms with van der Waals surface area (Å²) < 4.78 is 0. The normalized spacial score (nSPS) is 16.9. The molecule has 1 atom stereocenters. The highest BCUT2D eigenvalue weighted by molar-refractivity contribution is 6.01. The van der Waals surface area contributed by atoms with E-state index >= 15 is 0 Å². The average molecular weight is 359 g/mol. The van der Waals surface area contributed by atoms with Gasteiger partial charge in [0.2, 0.25) is 5.91 Å². The third-order valence-electron chi connectivity index (χ3n) is 5.62. The van der Waals surface area contributed by atoms with Crippen molar-refractivity contribution in [2.24, 2.45) is 5.92 Å². The monoisotopic (exact) mass is 359 g/mol. The smallest absolute Gasteiger partial charge is 0.268 e. The van der Waals surface area contributed by atoms with Crippen molar-refractivity contribution >= 4 is 28.4 Å². The first kappa shape index (κ1) is 16.1. The summed E-state index contributed by atoms with van der Waals surface area (Å²) in [5.74, 6) is 0.331. The zero-order chi connectivity index (χ0) is 18.5. The Morgan fingerprint density at radius 1 is 1.19 bits per heavy atom. The lowest BCUT2D eigenvalue weighted by Crippen LogP contribution is -2.30. The molecule has 1 aromatic heterocycles. The SMILES string of the molecule is Cc1cccc2cc(C(=O)NC(c3cccc4c3NC(=O)C4)C3CC3)[nH]c12. The van der Waals surface area contributed by atoms with Crippen molar-refractivity contribution in [1.29, 1.82) is 0 Å². The molecular weight excluding hydrogens is 338 g/mol. The first-order valence-corrected chi connectivity index (χ1v) is 9.41. The van der Waals surface area contributed by atoms with Gasteiger partial charge in [-0.3, -0.25) is 9.59 Å². The highest BCUT2D eigenvalue weighted by atomic mass is 16.2. The number of aromatic nitrogens is 1. The van der Waals surface area contributed by atoms with E-state index in [9.17, 15) is 9.59 Å². The number of amides is 2. The average Bonchev–Trinajstić information content (AvgIpc) is 3.26. The van der Waals surface area contributed by atoms with Gasteiger partial charge in [0.15, 0.2) is 0 Å². The highest BCUT2D eigenvalue weighted by Gasteiger charge is 2.36. The zero-order valence-corrected chi connectivity index (χ0v) is 15.1. The van der Waals surface area contributed by atoms with Gasteiger partial charge in [-0.05, 0) is 48.4 Å². The largest absolute Gasteiger partial charge is 0.350 e. The molecule has 2 aliphatic rings. The van der Waals surface area contributed by atoms with Gasteiger partial charge in [0.05, 0.1) is 12.5 Å². The van der Waals surface area contributed by atoms with Gasteiger partial charge in [0.25, 0.3) is 5.91 Å². The molecule has 0 saturated heterocycles. The molecule has 3 aromatic rings. The molecule has 5 heteroatoms. The number of carbonyl (C=O) groups excluding carboxylic acids is 2. The summed E-state index contributed by atoms with van der Waals surface area (Å²) in [5.41, 5.74) is 5.60. The third-order valence-corrected chi connectivity index (χ3v) is 5.62. The van der Waals surface area contributed by atoms with Crippen molar-refractivity contribution in [3.8, 4) is 0 Å². The third kappa shape index (κ3) is 2.79. The van der Waals surface area contributed by atoms with E-state index < -0.39 is 0 Å². The number of fused-ring (bicyclic) bond motifs is 2. The Balaban J connectivity index is 1.47. The van der Waals surface area contributed by atoms with E-state index in [-0.39, 0.29) is 17.9 Å². The summed E-state index contributed by atoms with van der Waals surface area (Å²) in [6.07, 6.45) is 2.60. The van der Waals surface area contributed by atoms with Crippen molar-refractivity contribution < 1.29 is 9.59 Å². The Hall–Kier alpha value is -3.08. The second-order valence-electron chi connectivity index (χ2n) is 7.62. The Morgan fingerprint density at radius 3 is 2.78 bits per heavy atom. The molecule has 5 rings (SSSR count).